The van der Waals surface area contributed by atoms with Crippen molar-refractivity contribution in [2.45, 2.75) is 19.8 Å². The van der Waals surface area contributed by atoms with Crippen LogP contribution in [0, 0.1) is 16.4 Å². The Bertz CT molecular complexity index is 798. The molecule has 1 N–H and O–H groups in total. The summed E-state index contributed by atoms with van der Waals surface area (Å²) in [6, 6.07) is 3.66. The van der Waals surface area contributed by atoms with Crippen LogP contribution in [-0.2, 0) is 24.5 Å². The summed E-state index contributed by atoms with van der Waals surface area (Å²) >= 11 is 5.12. The van der Waals surface area contributed by atoms with E-state index in [1.165, 1.54) is 6.07 Å². The van der Waals surface area contributed by atoms with Crippen molar-refractivity contribution in [1.29, 1.82) is 0 Å². The van der Waals surface area contributed by atoms with Crippen LogP contribution in [0.5, 0.6) is 0 Å². The second-order valence-corrected chi connectivity index (χ2v) is 4.90. The first-order valence-electron chi connectivity index (χ1n) is 5.93. The number of hydrogen-bond donors (Lipinski definition) is 1. The fourth-order valence-electron chi connectivity index (χ4n) is 2.21. The van der Waals surface area contributed by atoms with Gasteiger partial charge in [-0.15, -0.1) is 0 Å². The van der Waals surface area contributed by atoms with E-state index >= 15 is 0 Å². The van der Waals surface area contributed by atoms with Gasteiger partial charge < -0.3 is 9.30 Å². The largest absolute Gasteiger partial charge is 0.370 e. The van der Waals surface area contributed by atoms with Crippen LogP contribution in [0.1, 0.15) is 16.8 Å². The smallest absolute Gasteiger partial charge is 0.257 e. The standard InChI is InChI=1S/C13H10F2N2O2S/c14-9-2-1-7(3-10(9)15)4-17-11-6-19-5-8(11)12(18)16-13(17)20/h1-3H,4-6H2,(H,16,18,20). The Morgan fingerprint density at radius 2 is 2.10 bits per heavy atom. The van der Waals surface area contributed by atoms with Gasteiger partial charge in [0, 0.05) is 0 Å². The maximum Gasteiger partial charge on any atom is 0.257 e. The second kappa shape index (κ2) is 4.92. The Kier molecular flexibility index (Phi) is 3.23. The predicted molar refractivity (Wildman–Crippen MR) is 69.8 cm³/mol. The fraction of sp³-hybridized carbons (Fsp3) is 0.231. The zero-order chi connectivity index (χ0) is 14.3. The average Bonchev–Trinajstić information content (AvgIpc) is 2.88. The molecule has 104 valence electrons. The zero-order valence-electron chi connectivity index (χ0n) is 10.3. The van der Waals surface area contributed by atoms with Crippen molar-refractivity contribution < 1.29 is 13.5 Å². The van der Waals surface area contributed by atoms with E-state index < -0.39 is 11.6 Å². The van der Waals surface area contributed by atoms with Gasteiger partial charge >= 0.3 is 0 Å². The van der Waals surface area contributed by atoms with Crippen molar-refractivity contribution in [3.63, 3.8) is 0 Å². The molecule has 0 bridgehead atoms. The summed E-state index contributed by atoms with van der Waals surface area (Å²) in [5.41, 5.74) is 1.51. The third-order valence-electron chi connectivity index (χ3n) is 3.22. The van der Waals surface area contributed by atoms with Crippen LogP contribution in [0.3, 0.4) is 0 Å². The van der Waals surface area contributed by atoms with Gasteiger partial charge in [-0.25, -0.2) is 8.78 Å². The van der Waals surface area contributed by atoms with Crippen molar-refractivity contribution in [1.82, 2.24) is 9.55 Å². The van der Waals surface area contributed by atoms with Crippen molar-refractivity contribution in [2.24, 2.45) is 0 Å². The molecule has 20 heavy (non-hydrogen) atoms. The lowest BCUT2D eigenvalue weighted by molar-refractivity contribution is 0.131. The topological polar surface area (TPSA) is 47.0 Å². The first kappa shape index (κ1) is 13.1. The molecule has 4 nitrogen and oxygen atoms in total. The Morgan fingerprint density at radius 3 is 2.85 bits per heavy atom. The van der Waals surface area contributed by atoms with E-state index in [-0.39, 0.29) is 30.1 Å². The summed E-state index contributed by atoms with van der Waals surface area (Å²) in [5.74, 6) is -1.81. The van der Waals surface area contributed by atoms with Crippen LogP contribution in [0.2, 0.25) is 0 Å². The maximum atomic E-state index is 13.2. The molecule has 7 heteroatoms. The summed E-state index contributed by atoms with van der Waals surface area (Å²) < 4.78 is 33.3. The first-order valence-corrected chi connectivity index (χ1v) is 6.33. The average molecular weight is 296 g/mol. The Hall–Kier alpha value is -1.86. The van der Waals surface area contributed by atoms with Crippen molar-refractivity contribution in [2.75, 3.05) is 0 Å². The minimum atomic E-state index is -0.911. The van der Waals surface area contributed by atoms with Gasteiger partial charge in [0.25, 0.3) is 5.56 Å². The number of halogens is 2. The fourth-order valence-corrected chi connectivity index (χ4v) is 2.48. The Balaban J connectivity index is 2.07. The maximum absolute atomic E-state index is 13.2. The number of aromatic amines is 1. The molecule has 0 unspecified atom stereocenters. The monoisotopic (exact) mass is 296 g/mol. The molecule has 1 aliphatic rings. The zero-order valence-corrected chi connectivity index (χ0v) is 11.1. The first-order chi connectivity index (χ1) is 9.56. The summed E-state index contributed by atoms with van der Waals surface area (Å²) in [7, 11) is 0. The van der Waals surface area contributed by atoms with Gasteiger partial charge in [0.15, 0.2) is 16.4 Å². The van der Waals surface area contributed by atoms with Crippen LogP contribution in [0.15, 0.2) is 23.0 Å². The SMILES string of the molecule is O=c1[nH]c(=S)n(Cc2ccc(F)c(F)c2)c2c1COC2. The number of fused-ring (bicyclic) bond motifs is 1. The predicted octanol–water partition coefficient (Wildman–Crippen LogP) is 2.26. The van der Waals surface area contributed by atoms with Gasteiger partial charge in [0.2, 0.25) is 0 Å². The highest BCUT2D eigenvalue weighted by molar-refractivity contribution is 7.71. The molecule has 0 spiro atoms. The molecule has 0 amide bonds. The van der Waals surface area contributed by atoms with E-state index in [0.29, 0.717) is 16.8 Å². The van der Waals surface area contributed by atoms with Crippen LogP contribution in [0.4, 0.5) is 8.78 Å². The van der Waals surface area contributed by atoms with Crippen LogP contribution < -0.4 is 5.56 Å². The molecule has 1 aliphatic heterocycles. The Morgan fingerprint density at radius 1 is 1.30 bits per heavy atom. The molecule has 0 atom stereocenters. The third kappa shape index (κ3) is 2.19. The normalized spacial score (nSPS) is 13.5. The highest BCUT2D eigenvalue weighted by Gasteiger charge is 2.19. The number of hydrogen-bond acceptors (Lipinski definition) is 3. The summed E-state index contributed by atoms with van der Waals surface area (Å²) in [6.07, 6.45) is 0. The van der Waals surface area contributed by atoms with Gasteiger partial charge in [0.1, 0.15) is 0 Å². The number of ether oxygens (including phenoxy) is 1. The molecular formula is C13H10F2N2O2S. The summed E-state index contributed by atoms with van der Waals surface area (Å²) in [6.45, 7) is 0.767. The minimum absolute atomic E-state index is 0.234. The molecule has 0 fully saturated rings. The van der Waals surface area contributed by atoms with E-state index in [2.05, 4.69) is 4.98 Å². The van der Waals surface area contributed by atoms with E-state index in [9.17, 15) is 13.6 Å². The number of benzene rings is 1. The van der Waals surface area contributed by atoms with Crippen LogP contribution in [0.25, 0.3) is 0 Å². The minimum Gasteiger partial charge on any atom is -0.370 e. The highest BCUT2D eigenvalue weighted by Crippen LogP contribution is 2.18. The molecule has 3 rings (SSSR count). The van der Waals surface area contributed by atoms with Crippen molar-refractivity contribution in [3.8, 4) is 0 Å². The Labute approximate surface area is 117 Å². The van der Waals surface area contributed by atoms with Crippen molar-refractivity contribution >= 4 is 12.2 Å². The quantitative estimate of drug-likeness (QED) is 0.865. The lowest BCUT2D eigenvalue weighted by Gasteiger charge is -2.12. The second-order valence-electron chi connectivity index (χ2n) is 4.51. The molecule has 0 saturated carbocycles. The van der Waals surface area contributed by atoms with Gasteiger partial charge in [-0.3, -0.25) is 9.78 Å². The third-order valence-corrected chi connectivity index (χ3v) is 3.55. The van der Waals surface area contributed by atoms with E-state index in [0.717, 1.165) is 12.1 Å². The van der Waals surface area contributed by atoms with Crippen molar-refractivity contribution in [3.05, 3.63) is 61.8 Å². The summed E-state index contributed by atoms with van der Waals surface area (Å²) in [5, 5.41) is 0. The lowest BCUT2D eigenvalue weighted by Crippen LogP contribution is -2.20. The number of H-pyrrole nitrogens is 1. The molecule has 2 heterocycles. The van der Waals surface area contributed by atoms with Gasteiger partial charge in [-0.2, -0.15) is 0 Å². The molecular weight excluding hydrogens is 286 g/mol. The van der Waals surface area contributed by atoms with Crippen LogP contribution >= 0.6 is 12.2 Å². The highest BCUT2D eigenvalue weighted by atomic mass is 32.1. The number of nitrogens with zero attached hydrogens (tertiary/aromatic N) is 1. The van der Waals surface area contributed by atoms with Gasteiger partial charge in [-0.1, -0.05) is 6.07 Å². The molecule has 1 aromatic carbocycles. The molecule has 2 aromatic rings. The van der Waals surface area contributed by atoms with Gasteiger partial charge in [-0.05, 0) is 29.9 Å². The van der Waals surface area contributed by atoms with Crippen LogP contribution in [-0.4, -0.2) is 9.55 Å². The lowest BCUT2D eigenvalue weighted by atomic mass is 10.2. The number of nitrogens with one attached hydrogen (secondary N) is 1. The number of rotatable bonds is 2. The molecule has 0 radical (unpaired) electrons. The molecule has 1 aromatic heterocycles. The number of aromatic nitrogens is 2. The van der Waals surface area contributed by atoms with Gasteiger partial charge in [0.05, 0.1) is 31.0 Å². The molecule has 0 aliphatic carbocycles. The van der Waals surface area contributed by atoms with E-state index in [1.807, 2.05) is 0 Å². The summed E-state index contributed by atoms with van der Waals surface area (Å²) in [4.78, 5) is 14.3. The van der Waals surface area contributed by atoms with E-state index in [4.69, 9.17) is 17.0 Å². The molecule has 0 saturated heterocycles. The van der Waals surface area contributed by atoms with E-state index in [1.54, 1.807) is 4.57 Å².